The minimum absolute atomic E-state index is 0.0422. The summed E-state index contributed by atoms with van der Waals surface area (Å²) in [6.45, 7) is 0.0422. The number of halogens is 1. The van der Waals surface area contributed by atoms with E-state index in [9.17, 15) is 0 Å². The first-order valence-corrected chi connectivity index (χ1v) is 5.42. The molecular weight excluding hydrogens is 224 g/mol. The molecule has 0 fully saturated rings. The van der Waals surface area contributed by atoms with Gasteiger partial charge in [-0.05, 0) is 24.1 Å². The number of aromatic amines is 1. The summed E-state index contributed by atoms with van der Waals surface area (Å²) in [5, 5.41) is 9.57. The van der Waals surface area contributed by atoms with E-state index in [0.29, 0.717) is 17.1 Å². The summed E-state index contributed by atoms with van der Waals surface area (Å²) in [4.78, 5) is 2.98. The molecular formula is C12H13ClN2O. The van der Waals surface area contributed by atoms with Gasteiger partial charge in [0.25, 0.3) is 0 Å². The number of nitrogens with one attached hydrogen (secondary N) is 1. The predicted molar refractivity (Wildman–Crippen MR) is 66.4 cm³/mol. The maximum atomic E-state index is 8.97. The van der Waals surface area contributed by atoms with Gasteiger partial charge in [0.2, 0.25) is 0 Å². The van der Waals surface area contributed by atoms with Gasteiger partial charge >= 0.3 is 0 Å². The van der Waals surface area contributed by atoms with E-state index in [1.165, 1.54) is 0 Å². The van der Waals surface area contributed by atoms with E-state index in [-0.39, 0.29) is 6.61 Å². The second-order valence-electron chi connectivity index (χ2n) is 3.56. The molecule has 0 amide bonds. The Hall–Kier alpha value is -1.45. The zero-order valence-electron chi connectivity index (χ0n) is 8.70. The van der Waals surface area contributed by atoms with Gasteiger partial charge < -0.3 is 15.8 Å². The maximum Gasteiger partial charge on any atom is 0.0472 e. The van der Waals surface area contributed by atoms with Gasteiger partial charge in [0, 0.05) is 40.8 Å². The molecule has 0 spiro atoms. The molecule has 0 unspecified atom stereocenters. The van der Waals surface area contributed by atoms with Crippen LogP contribution >= 0.6 is 11.6 Å². The quantitative estimate of drug-likeness (QED) is 0.717. The first-order chi connectivity index (χ1) is 7.74. The highest BCUT2D eigenvalue weighted by Gasteiger charge is 2.10. The van der Waals surface area contributed by atoms with Gasteiger partial charge in [-0.1, -0.05) is 17.7 Å². The summed E-state index contributed by atoms with van der Waals surface area (Å²) >= 11 is 6.04. The molecule has 0 radical (unpaired) electrons. The summed E-state index contributed by atoms with van der Waals surface area (Å²) in [5.74, 6) is 0. The fraction of sp³-hybridized carbons (Fsp3) is 0.167. The third-order valence-corrected chi connectivity index (χ3v) is 2.92. The van der Waals surface area contributed by atoms with Gasteiger partial charge in [0.05, 0.1) is 0 Å². The minimum atomic E-state index is 0.0422. The van der Waals surface area contributed by atoms with Crippen LogP contribution in [0.3, 0.4) is 0 Å². The normalized spacial score (nSPS) is 10.6. The molecule has 1 aromatic heterocycles. The van der Waals surface area contributed by atoms with Crippen LogP contribution in [-0.4, -0.2) is 16.7 Å². The molecule has 3 nitrogen and oxygen atoms in total. The SMILES string of the molecule is Nc1c(-c2cc[nH]c2)ccc(Cl)c1CCO. The summed E-state index contributed by atoms with van der Waals surface area (Å²) in [7, 11) is 0. The molecule has 0 bridgehead atoms. The number of aliphatic hydroxyl groups excluding tert-OH is 1. The predicted octanol–water partition coefficient (Wildman–Crippen LogP) is 2.45. The van der Waals surface area contributed by atoms with Crippen molar-refractivity contribution in [2.24, 2.45) is 0 Å². The molecule has 2 rings (SSSR count). The molecule has 0 saturated carbocycles. The Bertz CT molecular complexity index is 480. The molecule has 4 N–H and O–H groups in total. The van der Waals surface area contributed by atoms with Crippen molar-refractivity contribution in [2.45, 2.75) is 6.42 Å². The first-order valence-electron chi connectivity index (χ1n) is 5.05. The number of H-pyrrole nitrogens is 1. The molecule has 0 aliphatic rings. The Kier molecular flexibility index (Phi) is 3.17. The van der Waals surface area contributed by atoms with Crippen LogP contribution in [0, 0.1) is 0 Å². The van der Waals surface area contributed by atoms with Crippen LogP contribution < -0.4 is 5.73 Å². The van der Waals surface area contributed by atoms with Gasteiger partial charge in [0.15, 0.2) is 0 Å². The van der Waals surface area contributed by atoms with Crippen molar-refractivity contribution in [3.63, 3.8) is 0 Å². The van der Waals surface area contributed by atoms with E-state index in [0.717, 1.165) is 16.7 Å². The second-order valence-corrected chi connectivity index (χ2v) is 3.97. The van der Waals surface area contributed by atoms with E-state index in [2.05, 4.69) is 4.98 Å². The van der Waals surface area contributed by atoms with Crippen molar-refractivity contribution in [3.8, 4) is 11.1 Å². The van der Waals surface area contributed by atoms with E-state index >= 15 is 0 Å². The lowest BCUT2D eigenvalue weighted by Crippen LogP contribution is -2.00. The number of anilines is 1. The third-order valence-electron chi connectivity index (χ3n) is 2.57. The fourth-order valence-electron chi connectivity index (χ4n) is 1.75. The lowest BCUT2D eigenvalue weighted by atomic mass is 10.0. The second kappa shape index (κ2) is 4.60. The molecule has 0 atom stereocenters. The van der Waals surface area contributed by atoms with Gasteiger partial charge in [-0.2, -0.15) is 0 Å². The molecule has 84 valence electrons. The number of aliphatic hydroxyl groups is 1. The molecule has 2 aromatic rings. The highest BCUT2D eigenvalue weighted by Crippen LogP contribution is 2.33. The summed E-state index contributed by atoms with van der Waals surface area (Å²) in [6.07, 6.45) is 4.19. The zero-order valence-corrected chi connectivity index (χ0v) is 9.46. The standard InChI is InChI=1S/C12H13ClN2O/c13-11-2-1-9(8-3-5-15-7-8)12(14)10(11)4-6-16/h1-3,5,7,15-16H,4,6,14H2. The average molecular weight is 237 g/mol. The molecule has 0 aliphatic carbocycles. The summed E-state index contributed by atoms with van der Waals surface area (Å²) in [6, 6.07) is 5.65. The van der Waals surface area contributed by atoms with E-state index in [1.54, 1.807) is 0 Å². The topological polar surface area (TPSA) is 62.0 Å². The van der Waals surface area contributed by atoms with Crippen molar-refractivity contribution in [1.82, 2.24) is 4.98 Å². The monoisotopic (exact) mass is 236 g/mol. The fourth-order valence-corrected chi connectivity index (χ4v) is 2.01. The Morgan fingerprint density at radius 3 is 2.75 bits per heavy atom. The summed E-state index contributed by atoms with van der Waals surface area (Å²) < 4.78 is 0. The van der Waals surface area contributed by atoms with Crippen LogP contribution in [-0.2, 0) is 6.42 Å². The molecule has 4 heteroatoms. The Balaban J connectivity index is 2.52. The van der Waals surface area contributed by atoms with Crippen LogP contribution in [0.25, 0.3) is 11.1 Å². The third kappa shape index (κ3) is 1.92. The van der Waals surface area contributed by atoms with Gasteiger partial charge in [-0.3, -0.25) is 0 Å². The van der Waals surface area contributed by atoms with Crippen LogP contribution in [0.2, 0.25) is 5.02 Å². The number of rotatable bonds is 3. The first kappa shape index (κ1) is 11.0. The van der Waals surface area contributed by atoms with Crippen molar-refractivity contribution in [3.05, 3.63) is 41.2 Å². The van der Waals surface area contributed by atoms with Crippen molar-refractivity contribution >= 4 is 17.3 Å². The Morgan fingerprint density at radius 2 is 2.12 bits per heavy atom. The van der Waals surface area contributed by atoms with Crippen LogP contribution in [0.1, 0.15) is 5.56 Å². The number of hydrogen-bond donors (Lipinski definition) is 3. The lowest BCUT2D eigenvalue weighted by molar-refractivity contribution is 0.300. The van der Waals surface area contributed by atoms with Crippen molar-refractivity contribution < 1.29 is 5.11 Å². The maximum absolute atomic E-state index is 8.97. The summed E-state index contributed by atoms with van der Waals surface area (Å²) in [5.41, 5.74) is 9.46. The largest absolute Gasteiger partial charge is 0.398 e. The molecule has 16 heavy (non-hydrogen) atoms. The highest BCUT2D eigenvalue weighted by molar-refractivity contribution is 6.32. The molecule has 0 saturated heterocycles. The van der Waals surface area contributed by atoms with E-state index in [1.807, 2.05) is 30.6 Å². The number of nitrogens with two attached hydrogens (primary N) is 1. The van der Waals surface area contributed by atoms with Crippen LogP contribution in [0.4, 0.5) is 5.69 Å². The van der Waals surface area contributed by atoms with Crippen LogP contribution in [0.5, 0.6) is 0 Å². The number of benzene rings is 1. The number of aromatic nitrogens is 1. The van der Waals surface area contributed by atoms with Crippen molar-refractivity contribution in [2.75, 3.05) is 12.3 Å². The lowest BCUT2D eigenvalue weighted by Gasteiger charge is -2.11. The number of nitrogen functional groups attached to an aromatic ring is 1. The van der Waals surface area contributed by atoms with Gasteiger partial charge in [-0.15, -0.1) is 0 Å². The highest BCUT2D eigenvalue weighted by atomic mass is 35.5. The Labute approximate surface area is 98.9 Å². The average Bonchev–Trinajstić information content (AvgIpc) is 2.77. The van der Waals surface area contributed by atoms with Gasteiger partial charge in [0.1, 0.15) is 0 Å². The molecule has 1 heterocycles. The Morgan fingerprint density at radius 1 is 1.31 bits per heavy atom. The van der Waals surface area contributed by atoms with Crippen molar-refractivity contribution in [1.29, 1.82) is 0 Å². The number of hydrogen-bond acceptors (Lipinski definition) is 2. The van der Waals surface area contributed by atoms with Gasteiger partial charge in [-0.25, -0.2) is 0 Å². The van der Waals surface area contributed by atoms with Crippen LogP contribution in [0.15, 0.2) is 30.6 Å². The molecule has 0 aliphatic heterocycles. The van der Waals surface area contributed by atoms with E-state index in [4.69, 9.17) is 22.4 Å². The smallest absolute Gasteiger partial charge is 0.0472 e. The molecule has 1 aromatic carbocycles. The minimum Gasteiger partial charge on any atom is -0.398 e. The zero-order chi connectivity index (χ0) is 11.5. The van der Waals surface area contributed by atoms with E-state index < -0.39 is 0 Å².